The SMILES string of the molecule is CC(C)[C@@H](CC(=O)N[C@@H](CN(C)C)C(=O)O)NC(=O)OCC1c2ccccc2-c2ccccc21. The highest BCUT2D eigenvalue weighted by Crippen LogP contribution is 2.44. The molecule has 2 aromatic carbocycles. The Morgan fingerprint density at radius 2 is 1.53 bits per heavy atom. The topological polar surface area (TPSA) is 108 Å². The maximum atomic E-state index is 12.6. The van der Waals surface area contributed by atoms with Crippen molar-refractivity contribution in [2.24, 2.45) is 5.92 Å². The molecule has 0 bridgehead atoms. The lowest BCUT2D eigenvalue weighted by molar-refractivity contribution is -0.142. The van der Waals surface area contributed by atoms with Crippen LogP contribution >= 0.6 is 0 Å². The van der Waals surface area contributed by atoms with Gasteiger partial charge in [0.2, 0.25) is 5.91 Å². The molecule has 2 atom stereocenters. The number of benzene rings is 2. The second kappa shape index (κ2) is 11.2. The van der Waals surface area contributed by atoms with Crippen LogP contribution in [0.15, 0.2) is 48.5 Å². The molecule has 0 spiro atoms. The van der Waals surface area contributed by atoms with E-state index in [0.717, 1.165) is 22.3 Å². The van der Waals surface area contributed by atoms with Crippen molar-refractivity contribution in [1.29, 1.82) is 0 Å². The van der Waals surface area contributed by atoms with E-state index in [-0.39, 0.29) is 31.4 Å². The molecule has 3 N–H and O–H groups in total. The molecule has 0 saturated heterocycles. The van der Waals surface area contributed by atoms with Crippen molar-refractivity contribution in [2.45, 2.75) is 38.3 Å². The Hall–Kier alpha value is -3.39. The first-order valence-electron chi connectivity index (χ1n) is 11.5. The van der Waals surface area contributed by atoms with E-state index in [1.54, 1.807) is 19.0 Å². The molecule has 0 aromatic heterocycles. The number of carbonyl (C=O) groups is 3. The highest BCUT2D eigenvalue weighted by atomic mass is 16.5. The quantitative estimate of drug-likeness (QED) is 0.496. The minimum absolute atomic E-state index is 0.0426. The summed E-state index contributed by atoms with van der Waals surface area (Å²) in [5.41, 5.74) is 4.54. The molecule has 3 rings (SSSR count). The van der Waals surface area contributed by atoms with Crippen molar-refractivity contribution in [3.05, 3.63) is 59.7 Å². The van der Waals surface area contributed by atoms with Crippen molar-refractivity contribution in [3.8, 4) is 11.1 Å². The first-order chi connectivity index (χ1) is 16.2. The molecular weight excluding hydrogens is 434 g/mol. The smallest absolute Gasteiger partial charge is 0.407 e. The number of nitrogens with one attached hydrogen (secondary N) is 2. The molecule has 8 nitrogen and oxygen atoms in total. The van der Waals surface area contributed by atoms with Gasteiger partial charge in [0.05, 0.1) is 0 Å². The third-order valence-corrected chi connectivity index (χ3v) is 6.04. The van der Waals surface area contributed by atoms with Crippen LogP contribution in [-0.2, 0) is 14.3 Å². The standard InChI is InChI=1S/C26H33N3O5/c1-16(2)22(13-24(30)27-23(25(31)32)14-29(3)4)28-26(33)34-15-21-19-11-7-5-9-17(19)18-10-6-8-12-20(18)21/h5-12,16,21-23H,13-15H2,1-4H3,(H,27,30)(H,28,33)(H,31,32)/t22-,23+/m1/s1. The van der Waals surface area contributed by atoms with Gasteiger partial charge >= 0.3 is 12.1 Å². The molecule has 1 aliphatic carbocycles. The van der Waals surface area contributed by atoms with E-state index >= 15 is 0 Å². The summed E-state index contributed by atoms with van der Waals surface area (Å²) in [6.45, 7) is 4.13. The van der Waals surface area contributed by atoms with Crippen LogP contribution in [-0.4, -0.2) is 67.3 Å². The molecule has 0 radical (unpaired) electrons. The molecule has 8 heteroatoms. The van der Waals surface area contributed by atoms with E-state index in [1.807, 2.05) is 38.1 Å². The van der Waals surface area contributed by atoms with Crippen LogP contribution in [0, 0.1) is 5.92 Å². The summed E-state index contributed by atoms with van der Waals surface area (Å²) in [5, 5.41) is 14.7. The summed E-state index contributed by atoms with van der Waals surface area (Å²) < 4.78 is 5.59. The van der Waals surface area contributed by atoms with E-state index < -0.39 is 30.1 Å². The number of rotatable bonds is 10. The number of carboxylic acid groups (broad SMARTS) is 1. The first kappa shape index (κ1) is 25.2. The molecule has 34 heavy (non-hydrogen) atoms. The number of nitrogens with zero attached hydrogens (tertiary/aromatic N) is 1. The number of fused-ring (bicyclic) bond motifs is 3. The van der Waals surface area contributed by atoms with E-state index in [2.05, 4.69) is 34.9 Å². The largest absolute Gasteiger partial charge is 0.480 e. The molecule has 0 heterocycles. The van der Waals surface area contributed by atoms with Gasteiger partial charge in [-0.1, -0.05) is 62.4 Å². The van der Waals surface area contributed by atoms with Crippen molar-refractivity contribution in [2.75, 3.05) is 27.2 Å². The molecule has 0 unspecified atom stereocenters. The van der Waals surface area contributed by atoms with Gasteiger partial charge in [-0.25, -0.2) is 9.59 Å². The fraction of sp³-hybridized carbons (Fsp3) is 0.423. The maximum Gasteiger partial charge on any atom is 0.407 e. The Morgan fingerprint density at radius 1 is 0.971 bits per heavy atom. The zero-order valence-corrected chi connectivity index (χ0v) is 20.1. The number of alkyl carbamates (subject to hydrolysis) is 1. The van der Waals surface area contributed by atoms with Gasteiger partial charge < -0.3 is 25.4 Å². The van der Waals surface area contributed by atoms with E-state index in [0.29, 0.717) is 0 Å². The van der Waals surface area contributed by atoms with Gasteiger partial charge in [-0.3, -0.25) is 4.79 Å². The number of amides is 2. The zero-order valence-electron chi connectivity index (χ0n) is 20.1. The van der Waals surface area contributed by atoms with Gasteiger partial charge in [-0.2, -0.15) is 0 Å². The normalized spacial score (nSPS) is 14.3. The van der Waals surface area contributed by atoms with Crippen molar-refractivity contribution >= 4 is 18.0 Å². The number of aliphatic carboxylic acids is 1. The zero-order chi connectivity index (χ0) is 24.8. The molecule has 2 amide bonds. The average molecular weight is 468 g/mol. The molecule has 1 aliphatic rings. The first-order valence-corrected chi connectivity index (χ1v) is 11.5. The molecule has 0 fully saturated rings. The van der Waals surface area contributed by atoms with Gasteiger partial charge in [-0.05, 0) is 42.3 Å². The number of ether oxygens (including phenoxy) is 1. The average Bonchev–Trinajstić information content (AvgIpc) is 3.10. The molecule has 0 aliphatic heterocycles. The molecule has 0 saturated carbocycles. The van der Waals surface area contributed by atoms with Gasteiger partial charge in [0.15, 0.2) is 0 Å². The Labute approximate surface area is 200 Å². The van der Waals surface area contributed by atoms with Crippen LogP contribution in [0.2, 0.25) is 0 Å². The summed E-state index contributed by atoms with van der Waals surface area (Å²) in [6.07, 6.45) is -0.643. The third-order valence-electron chi connectivity index (χ3n) is 6.04. The summed E-state index contributed by atoms with van der Waals surface area (Å²) in [7, 11) is 3.47. The summed E-state index contributed by atoms with van der Waals surface area (Å²) in [5.74, 6) is -1.65. The van der Waals surface area contributed by atoms with Crippen LogP contribution in [0.25, 0.3) is 11.1 Å². The van der Waals surface area contributed by atoms with E-state index in [9.17, 15) is 19.5 Å². The van der Waals surface area contributed by atoms with Crippen LogP contribution < -0.4 is 10.6 Å². The Morgan fingerprint density at radius 3 is 2.03 bits per heavy atom. The molecule has 182 valence electrons. The maximum absolute atomic E-state index is 12.6. The monoisotopic (exact) mass is 467 g/mol. The highest BCUT2D eigenvalue weighted by molar-refractivity contribution is 5.84. The Bertz CT molecular complexity index is 991. The number of hydrogen-bond donors (Lipinski definition) is 3. The van der Waals surface area contributed by atoms with Crippen molar-refractivity contribution in [3.63, 3.8) is 0 Å². The molecular formula is C26H33N3O5. The Balaban J connectivity index is 1.59. The second-order valence-electron chi connectivity index (χ2n) is 9.25. The second-order valence-corrected chi connectivity index (χ2v) is 9.25. The number of carboxylic acids is 1. The third kappa shape index (κ3) is 6.14. The van der Waals surface area contributed by atoms with Gasteiger partial charge in [0.1, 0.15) is 12.6 Å². The number of likely N-dealkylation sites (N-methyl/N-ethyl adjacent to an activating group) is 1. The lowest BCUT2D eigenvalue weighted by atomic mass is 9.98. The highest BCUT2D eigenvalue weighted by Gasteiger charge is 2.30. The van der Waals surface area contributed by atoms with Crippen LogP contribution in [0.3, 0.4) is 0 Å². The summed E-state index contributed by atoms with van der Waals surface area (Å²) in [6, 6.07) is 14.7. The fourth-order valence-corrected chi connectivity index (χ4v) is 4.25. The van der Waals surface area contributed by atoms with Gasteiger partial charge in [-0.15, -0.1) is 0 Å². The van der Waals surface area contributed by atoms with Crippen LogP contribution in [0.4, 0.5) is 4.79 Å². The van der Waals surface area contributed by atoms with Crippen molar-refractivity contribution in [1.82, 2.24) is 15.5 Å². The number of hydrogen-bond acceptors (Lipinski definition) is 5. The lowest BCUT2D eigenvalue weighted by Gasteiger charge is -2.24. The number of carbonyl (C=O) groups excluding carboxylic acids is 2. The fourth-order valence-electron chi connectivity index (χ4n) is 4.25. The molecule has 2 aromatic rings. The van der Waals surface area contributed by atoms with Gasteiger partial charge in [0, 0.05) is 24.9 Å². The predicted molar refractivity (Wildman–Crippen MR) is 130 cm³/mol. The Kier molecular flexibility index (Phi) is 8.28. The van der Waals surface area contributed by atoms with Crippen LogP contribution in [0.5, 0.6) is 0 Å². The van der Waals surface area contributed by atoms with E-state index in [1.165, 1.54) is 0 Å². The summed E-state index contributed by atoms with van der Waals surface area (Å²) in [4.78, 5) is 38.2. The van der Waals surface area contributed by atoms with Crippen molar-refractivity contribution < 1.29 is 24.2 Å². The minimum Gasteiger partial charge on any atom is -0.480 e. The van der Waals surface area contributed by atoms with Crippen LogP contribution in [0.1, 0.15) is 37.3 Å². The summed E-state index contributed by atoms with van der Waals surface area (Å²) >= 11 is 0. The predicted octanol–water partition coefficient (Wildman–Crippen LogP) is 3.07. The van der Waals surface area contributed by atoms with E-state index in [4.69, 9.17) is 4.74 Å². The van der Waals surface area contributed by atoms with Gasteiger partial charge in [0.25, 0.3) is 0 Å². The lowest BCUT2D eigenvalue weighted by Crippen LogP contribution is -2.49. The minimum atomic E-state index is -1.10.